The molecule has 21 nitrogen and oxygen atoms in total. The largest absolute Gasteiger partial charge is 0.497 e. The summed E-state index contributed by atoms with van der Waals surface area (Å²) in [5.41, 5.74) is 6.20. The zero-order chi connectivity index (χ0) is 56.4. The number of nitrogens with one attached hydrogen (secondary N) is 2. The normalized spacial score (nSPS) is 11.6. The van der Waals surface area contributed by atoms with Crippen LogP contribution in [0.15, 0.2) is 82.6 Å². The Morgan fingerprint density at radius 1 is 0.573 bits per heavy atom. The Morgan fingerprint density at radius 3 is 1.24 bits per heavy atom. The first-order valence-electron chi connectivity index (χ1n) is 23.6. The van der Waals surface area contributed by atoms with Crippen molar-refractivity contribution in [3.63, 3.8) is 0 Å². The Hall–Kier alpha value is -6.47. The predicted octanol–water partition coefficient (Wildman–Crippen LogP) is 3.89. The van der Waals surface area contributed by atoms with Crippen molar-refractivity contribution >= 4 is 49.6 Å². The van der Waals surface area contributed by atoms with Gasteiger partial charge in [0.25, 0.3) is 11.8 Å². The molecule has 23 heteroatoms. The van der Waals surface area contributed by atoms with Gasteiger partial charge >= 0.3 is 5.97 Å². The van der Waals surface area contributed by atoms with E-state index in [1.165, 1.54) is 46.7 Å². The van der Waals surface area contributed by atoms with E-state index in [0.29, 0.717) is 51.4 Å². The van der Waals surface area contributed by atoms with Crippen LogP contribution in [0, 0.1) is 27.7 Å². The lowest BCUT2D eigenvalue weighted by atomic mass is 10.1. The molecule has 0 fully saturated rings. The summed E-state index contributed by atoms with van der Waals surface area (Å²) in [7, 11) is 1.78. The number of esters is 1. The third kappa shape index (κ3) is 19.0. The van der Waals surface area contributed by atoms with E-state index < -0.39 is 43.4 Å². The maximum Gasteiger partial charge on any atom is 0.325 e. The fraction of sp³-hybridized carbons (Fsp3) is 0.442. The summed E-state index contributed by atoms with van der Waals surface area (Å²) in [6, 6.07) is 20.1. The molecule has 4 amide bonds. The molecule has 4 aromatic rings. The third-order valence-electron chi connectivity index (χ3n) is 11.3. The van der Waals surface area contributed by atoms with Gasteiger partial charge in [-0.25, -0.2) is 22.7 Å². The van der Waals surface area contributed by atoms with E-state index in [-0.39, 0.29) is 74.2 Å². The number of nitrogens with zero attached hydrogens (tertiary/aromatic N) is 4. The van der Waals surface area contributed by atoms with Crippen molar-refractivity contribution in [2.45, 2.75) is 76.9 Å². The first kappa shape index (κ1) is 62.8. The van der Waals surface area contributed by atoms with Gasteiger partial charge in [-0.3, -0.25) is 29.4 Å². The highest BCUT2D eigenvalue weighted by Gasteiger charge is 2.27. The minimum atomic E-state index is -3.76. The number of nitrogen functional groups attached to an aromatic ring is 1. The fourth-order valence-electron chi connectivity index (χ4n) is 7.31. The molecule has 0 aromatic heterocycles. The number of aryl methyl sites for hydroxylation is 4. The summed E-state index contributed by atoms with van der Waals surface area (Å²) in [6.45, 7) is 12.4. The van der Waals surface area contributed by atoms with Gasteiger partial charge in [0, 0.05) is 65.5 Å². The van der Waals surface area contributed by atoms with E-state index in [4.69, 9.17) is 29.5 Å². The highest BCUT2D eigenvalue weighted by Crippen LogP contribution is 2.29. The molecule has 75 heavy (non-hydrogen) atoms. The number of likely N-dealkylation sites (N-methyl/N-ethyl adjacent to an activating group) is 4. The van der Waals surface area contributed by atoms with Gasteiger partial charge in [-0.2, -0.15) is 8.61 Å². The lowest BCUT2D eigenvalue weighted by Crippen LogP contribution is -2.34. The molecule has 0 saturated carbocycles. The summed E-state index contributed by atoms with van der Waals surface area (Å²) in [6.07, 6.45) is 0. The first-order chi connectivity index (χ1) is 35.0. The van der Waals surface area contributed by atoms with Crippen molar-refractivity contribution in [1.29, 1.82) is 0 Å². The van der Waals surface area contributed by atoms with E-state index in [0.717, 1.165) is 11.1 Å². The minimum Gasteiger partial charge on any atom is -0.497 e. The van der Waals surface area contributed by atoms with E-state index in [1.54, 1.807) is 135 Å². The van der Waals surface area contributed by atoms with E-state index in [2.05, 4.69) is 10.7 Å². The minimum absolute atomic E-state index is 0.0384. The molecule has 0 unspecified atom stereocenters. The van der Waals surface area contributed by atoms with Crippen molar-refractivity contribution in [3.8, 4) is 11.5 Å². The summed E-state index contributed by atoms with van der Waals surface area (Å²) in [5.74, 6) is 4.42. The highest BCUT2D eigenvalue weighted by atomic mass is 32.2. The Kier molecular flexibility index (Phi) is 23.8. The lowest BCUT2D eigenvalue weighted by Gasteiger charge is -2.21. The monoisotopic (exact) mass is 1080 g/mol. The molecule has 0 radical (unpaired) electrons. The average Bonchev–Trinajstić information content (AvgIpc) is 3.34. The Morgan fingerprint density at radius 2 is 0.920 bits per heavy atom. The molecule has 4 N–H and O–H groups in total. The summed E-state index contributed by atoms with van der Waals surface area (Å²) >= 11 is 0. The van der Waals surface area contributed by atoms with Gasteiger partial charge in [0.05, 0.1) is 37.2 Å². The molecular formula is C52H73N7O14S2. The quantitative estimate of drug-likeness (QED) is 0.0296. The van der Waals surface area contributed by atoms with Crippen LogP contribution in [-0.2, 0) is 61.7 Å². The second kappa shape index (κ2) is 28.4. The molecule has 0 saturated heterocycles. The molecule has 4 rings (SSSR count). The van der Waals surface area contributed by atoms with Crippen LogP contribution in [0.3, 0.4) is 0 Å². The number of benzene rings is 4. The predicted molar refractivity (Wildman–Crippen MR) is 282 cm³/mol. The van der Waals surface area contributed by atoms with Crippen molar-refractivity contribution in [2.75, 3.05) is 88.5 Å². The number of nitrogens with two attached hydrogens (primary N) is 1. The third-order valence-corrected chi connectivity index (χ3v) is 15.6. The second-order valence-corrected chi connectivity index (χ2v) is 22.5. The van der Waals surface area contributed by atoms with Crippen molar-refractivity contribution < 1.29 is 64.5 Å². The molecule has 412 valence electrons. The standard InChI is InChI=1S/C29H41N3O8S.C23H32N4O6S/c1-20-15-24(38-8)16-21(2)27(20)41(36,37)32(7)13-14-39-19-25(33)31(6)18-22-9-11-23(12-10-22)28(35)30-17-26(34)40-29(3,4)5;1-16-12-20(32-5)13-17(2)22(16)34(30,31)27(4)10-11-33-15-21(28)26(3)14-18-6-8-19(9-7-18)23(29)25-24/h9-12,15-16H,13-14,17-19H2,1-8H3,(H,30,35);6-9,12-13H,10-11,14-15,24H2,1-5H3,(H,25,29). The first-order valence-corrected chi connectivity index (χ1v) is 26.5. The van der Waals surface area contributed by atoms with Crippen LogP contribution in [0.2, 0.25) is 0 Å². The average molecular weight is 1080 g/mol. The highest BCUT2D eigenvalue weighted by molar-refractivity contribution is 7.89. The van der Waals surface area contributed by atoms with Crippen LogP contribution < -0.4 is 26.1 Å². The number of sulfonamides is 2. The zero-order valence-corrected chi connectivity index (χ0v) is 46.8. The van der Waals surface area contributed by atoms with E-state index in [9.17, 15) is 40.8 Å². The number of rotatable bonds is 24. The summed E-state index contributed by atoms with van der Waals surface area (Å²) in [4.78, 5) is 63.9. The van der Waals surface area contributed by atoms with E-state index in [1.807, 2.05) is 0 Å². The number of ether oxygens (including phenoxy) is 5. The molecule has 0 aliphatic rings. The molecule has 4 aromatic carbocycles. The van der Waals surface area contributed by atoms with E-state index >= 15 is 0 Å². The Balaban J connectivity index is 0.000000402. The number of carbonyl (C=O) groups excluding carboxylic acids is 5. The van der Waals surface area contributed by atoms with Gasteiger partial charge in [0.1, 0.15) is 36.9 Å². The molecule has 0 bridgehead atoms. The SMILES string of the molecule is COc1cc(C)c(S(=O)(=O)N(C)CCOCC(=O)N(C)Cc2ccc(C(=O)NCC(=O)OC(C)(C)C)cc2)c(C)c1.COc1cc(C)c(S(=O)(=O)N(C)CCOCC(=O)N(C)Cc2ccc(C(=O)NN)cc2)c(C)c1. The summed E-state index contributed by atoms with van der Waals surface area (Å²) in [5, 5.41) is 2.52. The maximum atomic E-state index is 13.1. The maximum absolute atomic E-state index is 13.1. The number of hydrogen-bond donors (Lipinski definition) is 3. The van der Waals surface area contributed by atoms with Gasteiger partial charge < -0.3 is 38.8 Å². The molecule has 0 spiro atoms. The van der Waals surface area contributed by atoms with Crippen LogP contribution in [-0.4, -0.2) is 159 Å². The number of hydrazine groups is 1. The molecule has 0 aliphatic heterocycles. The van der Waals surface area contributed by atoms with Crippen molar-refractivity contribution in [2.24, 2.45) is 5.84 Å². The van der Waals surface area contributed by atoms with Crippen LogP contribution in [0.1, 0.15) is 74.9 Å². The summed E-state index contributed by atoms with van der Waals surface area (Å²) < 4.78 is 81.1. The molecule has 0 heterocycles. The smallest absolute Gasteiger partial charge is 0.325 e. The molecular weight excluding hydrogens is 1010 g/mol. The van der Waals surface area contributed by atoms with Crippen LogP contribution in [0.25, 0.3) is 0 Å². The number of carbonyl (C=O) groups is 5. The molecule has 0 aliphatic carbocycles. The van der Waals surface area contributed by atoms with Gasteiger partial charge in [0.2, 0.25) is 31.9 Å². The zero-order valence-electron chi connectivity index (χ0n) is 45.2. The van der Waals surface area contributed by atoms with Crippen molar-refractivity contribution in [3.05, 3.63) is 117 Å². The molecule has 0 atom stereocenters. The van der Waals surface area contributed by atoms with Gasteiger partial charge in [-0.05, 0) is 130 Å². The number of hydrogen-bond acceptors (Lipinski definition) is 15. The lowest BCUT2D eigenvalue weighted by molar-refractivity contribution is -0.153. The Bertz CT molecular complexity index is 2790. The topological polar surface area (TPSA) is 263 Å². The van der Waals surface area contributed by atoms with Crippen molar-refractivity contribution in [1.82, 2.24) is 29.2 Å². The van der Waals surface area contributed by atoms with Gasteiger partial charge in [-0.15, -0.1) is 0 Å². The van der Waals surface area contributed by atoms with Gasteiger partial charge in [-0.1, -0.05) is 24.3 Å². The second-order valence-electron chi connectivity index (χ2n) is 18.6. The number of amides is 4. The fourth-order valence-corrected chi connectivity index (χ4v) is 10.4. The van der Waals surface area contributed by atoms with Crippen LogP contribution in [0.4, 0.5) is 0 Å². The van der Waals surface area contributed by atoms with Crippen LogP contribution >= 0.6 is 0 Å². The van der Waals surface area contributed by atoms with Gasteiger partial charge in [0.15, 0.2) is 0 Å². The Labute approximate surface area is 441 Å². The van der Waals surface area contributed by atoms with Crippen LogP contribution in [0.5, 0.6) is 11.5 Å². The number of methoxy groups -OCH3 is 2.